The molecule has 2 rings (SSSR count). The lowest BCUT2D eigenvalue weighted by atomic mass is 9.88. The summed E-state index contributed by atoms with van der Waals surface area (Å²) >= 11 is 0. The maximum absolute atomic E-state index is 11.0. The van der Waals surface area contributed by atoms with E-state index in [2.05, 4.69) is 68.5 Å². The summed E-state index contributed by atoms with van der Waals surface area (Å²) in [4.78, 5) is 0. The molecule has 50 heavy (non-hydrogen) atoms. The lowest BCUT2D eigenvalue weighted by molar-refractivity contribution is 0.468. The molecule has 0 saturated carbocycles. The summed E-state index contributed by atoms with van der Waals surface area (Å²) in [5.41, 5.74) is 4.16. The monoisotopic (exact) mass is 683 g/mol. The van der Waals surface area contributed by atoms with E-state index < -0.39 is 0 Å². The third kappa shape index (κ3) is 20.6. The van der Waals surface area contributed by atoms with E-state index in [1.807, 2.05) is 24.3 Å². The Morgan fingerprint density at radius 1 is 0.420 bits per heavy atom. The first-order valence-corrected chi connectivity index (χ1v) is 20.9. The van der Waals surface area contributed by atoms with Gasteiger partial charge in [0.05, 0.1) is 0 Å². The molecule has 0 aliphatic carbocycles. The minimum atomic E-state index is 0.243. The van der Waals surface area contributed by atoms with Gasteiger partial charge in [-0.05, 0) is 113 Å². The van der Waals surface area contributed by atoms with E-state index in [0.717, 1.165) is 43.2 Å². The summed E-state index contributed by atoms with van der Waals surface area (Å²) < 4.78 is 0. The minimum absolute atomic E-state index is 0.243. The molecular weight excluding hydrogens is 609 g/mol. The van der Waals surface area contributed by atoms with Crippen LogP contribution in [0.15, 0.2) is 85.0 Å². The molecule has 0 aliphatic heterocycles. The SMILES string of the molecule is CCCCC/C=C\C/C=C\CCCCCCCCc1ccc(O)c(-c2ccccc2O)c1CCCCCCCC/C=C\C/C=C\CCCCC. The summed E-state index contributed by atoms with van der Waals surface area (Å²) in [6.07, 6.45) is 50.6. The summed E-state index contributed by atoms with van der Waals surface area (Å²) in [6.45, 7) is 4.52. The lowest BCUT2D eigenvalue weighted by Gasteiger charge is -2.18. The average Bonchev–Trinajstić information content (AvgIpc) is 3.12. The summed E-state index contributed by atoms with van der Waals surface area (Å²) in [5.74, 6) is 0.522. The van der Waals surface area contributed by atoms with E-state index in [1.54, 1.807) is 6.07 Å². The van der Waals surface area contributed by atoms with Crippen LogP contribution in [0.4, 0.5) is 0 Å². The number of benzene rings is 2. The van der Waals surface area contributed by atoms with Gasteiger partial charge in [0.2, 0.25) is 0 Å². The quantitative estimate of drug-likeness (QED) is 0.0614. The second kappa shape index (κ2) is 30.8. The van der Waals surface area contributed by atoms with Crippen molar-refractivity contribution in [1.29, 1.82) is 0 Å². The van der Waals surface area contributed by atoms with Gasteiger partial charge in [-0.25, -0.2) is 0 Å². The Bertz CT molecular complexity index is 1220. The number of hydrogen-bond acceptors (Lipinski definition) is 2. The zero-order chi connectivity index (χ0) is 35.7. The topological polar surface area (TPSA) is 40.5 Å². The van der Waals surface area contributed by atoms with E-state index in [1.165, 1.54) is 146 Å². The number of phenolic OH excluding ortho intramolecular Hbond substituents is 2. The normalized spacial score (nSPS) is 12.1. The fraction of sp³-hybridized carbons (Fsp3) is 0.583. The van der Waals surface area contributed by atoms with E-state index >= 15 is 0 Å². The summed E-state index contributed by atoms with van der Waals surface area (Å²) in [7, 11) is 0. The van der Waals surface area contributed by atoms with Crippen molar-refractivity contribution in [2.75, 3.05) is 0 Å². The molecule has 2 N–H and O–H groups in total. The Labute approximate surface area is 308 Å². The van der Waals surface area contributed by atoms with Crippen LogP contribution < -0.4 is 0 Å². The predicted octanol–water partition coefficient (Wildman–Crippen LogP) is 15.5. The number of para-hydroxylation sites is 1. The van der Waals surface area contributed by atoms with Crippen molar-refractivity contribution < 1.29 is 10.2 Å². The number of rotatable bonds is 31. The number of allylic oxidation sites excluding steroid dienone is 8. The Hall–Kier alpha value is -3.00. The summed E-state index contributed by atoms with van der Waals surface area (Å²) in [6, 6.07) is 11.5. The molecule has 0 spiro atoms. The highest BCUT2D eigenvalue weighted by Crippen LogP contribution is 2.40. The molecule has 2 nitrogen and oxygen atoms in total. The van der Waals surface area contributed by atoms with Crippen LogP contribution in [-0.2, 0) is 12.8 Å². The number of unbranched alkanes of at least 4 members (excludes halogenated alkanes) is 18. The molecule has 0 radical (unpaired) electrons. The predicted molar refractivity (Wildman–Crippen MR) is 221 cm³/mol. The highest BCUT2D eigenvalue weighted by atomic mass is 16.3. The molecular formula is C48H74O2. The first kappa shape index (κ1) is 43.2. The van der Waals surface area contributed by atoms with Gasteiger partial charge < -0.3 is 10.2 Å². The van der Waals surface area contributed by atoms with Crippen LogP contribution >= 0.6 is 0 Å². The summed E-state index contributed by atoms with van der Waals surface area (Å²) in [5, 5.41) is 21.7. The molecule has 2 aromatic carbocycles. The Balaban J connectivity index is 1.72. The molecule has 0 aromatic heterocycles. The first-order valence-electron chi connectivity index (χ1n) is 20.9. The fourth-order valence-electron chi connectivity index (χ4n) is 6.78. The lowest BCUT2D eigenvalue weighted by Crippen LogP contribution is -2.00. The molecule has 278 valence electrons. The Morgan fingerprint density at radius 2 is 0.860 bits per heavy atom. The van der Waals surface area contributed by atoms with Crippen LogP contribution in [-0.4, -0.2) is 10.2 Å². The number of phenols is 2. The van der Waals surface area contributed by atoms with Gasteiger partial charge in [-0.1, -0.05) is 164 Å². The third-order valence-electron chi connectivity index (χ3n) is 9.84. The van der Waals surface area contributed by atoms with Crippen LogP contribution in [0.2, 0.25) is 0 Å². The standard InChI is InChI=1S/C48H74O2/c1-3-5-7-9-11-13-15-17-19-21-23-25-27-29-31-33-37-43-41-42-47(50)48(45-39-35-36-40-46(45)49)44(43)38-34-32-30-28-26-24-22-20-18-16-14-12-10-8-6-4-2/h11-14,17-20,35-36,39-42,49-50H,3-10,15-16,21-34,37-38H2,1-2H3/b13-11-,14-12-,19-17-,20-18-. The fourth-order valence-corrected chi connectivity index (χ4v) is 6.78. The van der Waals surface area contributed by atoms with Crippen LogP contribution in [0.3, 0.4) is 0 Å². The second-order valence-electron chi connectivity index (χ2n) is 14.3. The second-order valence-corrected chi connectivity index (χ2v) is 14.3. The third-order valence-corrected chi connectivity index (χ3v) is 9.84. The molecule has 0 amide bonds. The van der Waals surface area contributed by atoms with Gasteiger partial charge in [-0.2, -0.15) is 0 Å². The van der Waals surface area contributed by atoms with Gasteiger partial charge in [0, 0.05) is 11.1 Å². The highest BCUT2D eigenvalue weighted by Gasteiger charge is 2.17. The zero-order valence-electron chi connectivity index (χ0n) is 32.4. The molecule has 0 fully saturated rings. The zero-order valence-corrected chi connectivity index (χ0v) is 32.4. The van der Waals surface area contributed by atoms with E-state index in [9.17, 15) is 10.2 Å². The maximum Gasteiger partial charge on any atom is 0.123 e. The van der Waals surface area contributed by atoms with Gasteiger partial charge >= 0.3 is 0 Å². The molecule has 0 saturated heterocycles. The molecule has 2 aromatic rings. The highest BCUT2D eigenvalue weighted by molar-refractivity contribution is 5.79. The maximum atomic E-state index is 11.0. The molecule has 0 heterocycles. The van der Waals surface area contributed by atoms with Crippen molar-refractivity contribution in [3.05, 3.63) is 96.1 Å². The Kier molecular flexibility index (Phi) is 26.6. The van der Waals surface area contributed by atoms with Gasteiger partial charge in [0.15, 0.2) is 0 Å². The van der Waals surface area contributed by atoms with E-state index in [4.69, 9.17) is 0 Å². The molecule has 0 aliphatic rings. The minimum Gasteiger partial charge on any atom is -0.507 e. The van der Waals surface area contributed by atoms with Crippen molar-refractivity contribution >= 4 is 0 Å². The smallest absolute Gasteiger partial charge is 0.123 e. The molecule has 2 heteroatoms. The number of aromatic hydroxyl groups is 2. The van der Waals surface area contributed by atoms with E-state index in [0.29, 0.717) is 0 Å². The van der Waals surface area contributed by atoms with Gasteiger partial charge in [0.25, 0.3) is 0 Å². The number of hydrogen-bond donors (Lipinski definition) is 2. The molecule has 0 bridgehead atoms. The van der Waals surface area contributed by atoms with Gasteiger partial charge in [-0.15, -0.1) is 0 Å². The van der Waals surface area contributed by atoms with Crippen LogP contribution in [0.5, 0.6) is 11.5 Å². The average molecular weight is 683 g/mol. The van der Waals surface area contributed by atoms with Crippen molar-refractivity contribution in [3.8, 4) is 22.6 Å². The van der Waals surface area contributed by atoms with Gasteiger partial charge in [-0.3, -0.25) is 0 Å². The first-order chi connectivity index (χ1) is 24.7. The molecule has 0 atom stereocenters. The van der Waals surface area contributed by atoms with Crippen molar-refractivity contribution in [1.82, 2.24) is 0 Å². The van der Waals surface area contributed by atoms with Crippen LogP contribution in [0.25, 0.3) is 11.1 Å². The van der Waals surface area contributed by atoms with Gasteiger partial charge in [0.1, 0.15) is 11.5 Å². The number of aryl methyl sites for hydroxylation is 1. The van der Waals surface area contributed by atoms with E-state index in [-0.39, 0.29) is 11.5 Å². The van der Waals surface area contributed by atoms with Crippen molar-refractivity contribution in [2.45, 2.75) is 181 Å². The Morgan fingerprint density at radius 3 is 1.36 bits per heavy atom. The largest absolute Gasteiger partial charge is 0.507 e. The molecule has 0 unspecified atom stereocenters. The van der Waals surface area contributed by atoms with Crippen molar-refractivity contribution in [3.63, 3.8) is 0 Å². The van der Waals surface area contributed by atoms with Crippen molar-refractivity contribution in [2.24, 2.45) is 0 Å². The van der Waals surface area contributed by atoms with Crippen LogP contribution in [0.1, 0.15) is 179 Å². The van der Waals surface area contributed by atoms with Crippen LogP contribution in [0, 0.1) is 0 Å².